The highest BCUT2D eigenvalue weighted by Gasteiger charge is 2.31. The van der Waals surface area contributed by atoms with E-state index in [1.807, 2.05) is 62.1 Å². The van der Waals surface area contributed by atoms with Gasteiger partial charge in [0.25, 0.3) is 0 Å². The van der Waals surface area contributed by atoms with E-state index in [0.717, 1.165) is 22.0 Å². The zero-order valence-corrected chi connectivity index (χ0v) is 21.4. The van der Waals surface area contributed by atoms with Gasteiger partial charge < -0.3 is 24.6 Å². The van der Waals surface area contributed by atoms with Crippen molar-refractivity contribution in [3.8, 4) is 11.5 Å². The molecule has 0 bridgehead atoms. The van der Waals surface area contributed by atoms with E-state index in [9.17, 15) is 9.59 Å². The molecule has 1 aliphatic rings. The van der Waals surface area contributed by atoms with Crippen molar-refractivity contribution in [2.45, 2.75) is 33.2 Å². The molecule has 0 fully saturated rings. The number of carbonyl (C=O) groups is 2. The van der Waals surface area contributed by atoms with E-state index in [2.05, 4.69) is 21.2 Å². The van der Waals surface area contributed by atoms with Crippen LogP contribution in [-0.4, -0.2) is 55.6 Å². The molecule has 1 aliphatic heterocycles. The SMILES string of the molecule is COc1cc2c(cc1OC)C(C)N(C(=O)CN(CC(C)C)C(=O)Nc1ccccc1Br)CC2. The molecule has 3 rings (SSSR count). The van der Waals surface area contributed by atoms with Crippen molar-refractivity contribution < 1.29 is 19.1 Å². The molecule has 1 unspecified atom stereocenters. The van der Waals surface area contributed by atoms with E-state index in [1.54, 1.807) is 19.1 Å². The number of hydrogen-bond acceptors (Lipinski definition) is 4. The first-order chi connectivity index (χ1) is 15.7. The summed E-state index contributed by atoms with van der Waals surface area (Å²) in [7, 11) is 3.23. The average Bonchev–Trinajstić information content (AvgIpc) is 2.79. The fraction of sp³-hybridized carbons (Fsp3) is 0.440. The van der Waals surface area contributed by atoms with Crippen molar-refractivity contribution in [3.05, 3.63) is 52.0 Å². The first kappa shape index (κ1) is 24.9. The van der Waals surface area contributed by atoms with Gasteiger partial charge in [-0.2, -0.15) is 0 Å². The molecule has 8 heteroatoms. The highest BCUT2D eigenvalue weighted by atomic mass is 79.9. The van der Waals surface area contributed by atoms with Crippen LogP contribution in [0, 0.1) is 5.92 Å². The van der Waals surface area contributed by atoms with Crippen molar-refractivity contribution >= 4 is 33.6 Å². The standard InChI is InChI=1S/C25H32BrN3O4/c1-16(2)14-28(25(31)27-21-9-7-6-8-20(21)26)15-24(30)29-11-10-18-12-22(32-4)23(33-5)13-19(18)17(29)3/h6-9,12-13,16-17H,10-11,14-15H2,1-5H3,(H,27,31). The Morgan fingerprint density at radius 2 is 1.85 bits per heavy atom. The Hall–Kier alpha value is -2.74. The maximum atomic E-state index is 13.4. The first-order valence-electron chi connectivity index (χ1n) is 11.1. The summed E-state index contributed by atoms with van der Waals surface area (Å²) in [5.41, 5.74) is 2.86. The minimum Gasteiger partial charge on any atom is -0.493 e. The fourth-order valence-corrected chi connectivity index (χ4v) is 4.54. The van der Waals surface area contributed by atoms with Crippen LogP contribution in [0.3, 0.4) is 0 Å². The Bertz CT molecular complexity index is 1010. The second-order valence-electron chi connectivity index (χ2n) is 8.60. The zero-order valence-electron chi connectivity index (χ0n) is 19.9. The monoisotopic (exact) mass is 517 g/mol. The maximum Gasteiger partial charge on any atom is 0.322 e. The van der Waals surface area contributed by atoms with Gasteiger partial charge in [0.1, 0.15) is 6.54 Å². The minimum atomic E-state index is -0.291. The maximum absolute atomic E-state index is 13.4. The minimum absolute atomic E-state index is 0.0153. The summed E-state index contributed by atoms with van der Waals surface area (Å²) >= 11 is 3.46. The third-order valence-corrected chi connectivity index (χ3v) is 6.51. The van der Waals surface area contributed by atoms with E-state index >= 15 is 0 Å². The lowest BCUT2D eigenvalue weighted by Crippen LogP contribution is -2.48. The molecule has 0 radical (unpaired) electrons. The lowest BCUT2D eigenvalue weighted by Gasteiger charge is -2.37. The summed E-state index contributed by atoms with van der Waals surface area (Å²) in [4.78, 5) is 29.8. The zero-order chi connectivity index (χ0) is 24.1. The van der Waals surface area contributed by atoms with Crippen molar-refractivity contribution in [2.24, 2.45) is 5.92 Å². The largest absolute Gasteiger partial charge is 0.493 e. The molecule has 0 saturated carbocycles. The summed E-state index contributed by atoms with van der Waals surface area (Å²) in [5, 5.41) is 2.92. The number of carbonyl (C=O) groups excluding carboxylic acids is 2. The quantitative estimate of drug-likeness (QED) is 0.554. The Balaban J connectivity index is 1.77. The van der Waals surface area contributed by atoms with Gasteiger partial charge in [0.15, 0.2) is 11.5 Å². The highest BCUT2D eigenvalue weighted by molar-refractivity contribution is 9.10. The summed E-state index contributed by atoms with van der Waals surface area (Å²) in [5.74, 6) is 1.48. The Labute approximate surface area is 204 Å². The van der Waals surface area contributed by atoms with Crippen LogP contribution in [0.4, 0.5) is 10.5 Å². The number of para-hydroxylation sites is 1. The molecule has 1 heterocycles. The van der Waals surface area contributed by atoms with Crippen LogP contribution in [-0.2, 0) is 11.2 Å². The molecule has 1 atom stereocenters. The van der Waals surface area contributed by atoms with Gasteiger partial charge in [0, 0.05) is 17.6 Å². The van der Waals surface area contributed by atoms with Gasteiger partial charge in [-0.05, 0) is 70.6 Å². The number of nitrogens with zero attached hydrogens (tertiary/aromatic N) is 2. The van der Waals surface area contributed by atoms with Crippen LogP contribution < -0.4 is 14.8 Å². The van der Waals surface area contributed by atoms with Crippen molar-refractivity contribution in [2.75, 3.05) is 39.2 Å². The summed E-state index contributed by atoms with van der Waals surface area (Å²) < 4.78 is 11.7. The van der Waals surface area contributed by atoms with E-state index in [4.69, 9.17) is 9.47 Å². The number of benzene rings is 2. The number of hydrogen-bond donors (Lipinski definition) is 1. The molecule has 0 aliphatic carbocycles. The van der Waals surface area contributed by atoms with Crippen LogP contribution in [0.5, 0.6) is 11.5 Å². The summed E-state index contributed by atoms with van der Waals surface area (Å²) in [6.45, 7) is 7.15. The smallest absolute Gasteiger partial charge is 0.322 e. The van der Waals surface area contributed by atoms with Crippen LogP contribution in [0.15, 0.2) is 40.9 Å². The Morgan fingerprint density at radius 3 is 2.48 bits per heavy atom. The normalized spacial score (nSPS) is 15.1. The first-order valence-corrected chi connectivity index (χ1v) is 11.9. The van der Waals surface area contributed by atoms with Crippen molar-refractivity contribution in [3.63, 3.8) is 0 Å². The number of anilines is 1. The molecular formula is C25H32BrN3O4. The number of nitrogens with one attached hydrogen (secondary N) is 1. The Morgan fingerprint density at radius 1 is 1.18 bits per heavy atom. The predicted molar refractivity (Wildman–Crippen MR) is 133 cm³/mol. The van der Waals surface area contributed by atoms with Crippen molar-refractivity contribution in [1.82, 2.24) is 9.80 Å². The number of fused-ring (bicyclic) bond motifs is 1. The molecule has 2 aromatic rings. The molecule has 33 heavy (non-hydrogen) atoms. The van der Waals surface area contributed by atoms with Gasteiger partial charge in [-0.15, -0.1) is 0 Å². The van der Waals surface area contributed by atoms with Crippen LogP contribution in [0.2, 0.25) is 0 Å². The highest BCUT2D eigenvalue weighted by Crippen LogP contribution is 2.38. The lowest BCUT2D eigenvalue weighted by molar-refractivity contribution is -0.134. The van der Waals surface area contributed by atoms with Gasteiger partial charge >= 0.3 is 6.03 Å². The van der Waals surface area contributed by atoms with Crippen LogP contribution in [0.25, 0.3) is 0 Å². The fourth-order valence-electron chi connectivity index (χ4n) is 4.16. The number of halogens is 1. The predicted octanol–water partition coefficient (Wildman–Crippen LogP) is 5.10. The number of ether oxygens (including phenoxy) is 2. The van der Waals surface area contributed by atoms with Gasteiger partial charge in [0.05, 0.1) is 25.9 Å². The van der Waals surface area contributed by atoms with Crippen molar-refractivity contribution in [1.29, 1.82) is 0 Å². The van der Waals surface area contributed by atoms with Gasteiger partial charge in [-0.25, -0.2) is 4.79 Å². The van der Waals surface area contributed by atoms with Crippen LogP contribution in [0.1, 0.15) is 37.9 Å². The molecule has 7 nitrogen and oxygen atoms in total. The third-order valence-electron chi connectivity index (χ3n) is 5.82. The average molecular weight is 518 g/mol. The number of amides is 3. The van der Waals surface area contributed by atoms with E-state index in [-0.39, 0.29) is 30.4 Å². The van der Waals surface area contributed by atoms with E-state index in [0.29, 0.717) is 30.3 Å². The molecular weight excluding hydrogens is 486 g/mol. The van der Waals surface area contributed by atoms with E-state index < -0.39 is 0 Å². The molecule has 1 N–H and O–H groups in total. The third kappa shape index (κ3) is 5.79. The topological polar surface area (TPSA) is 71.1 Å². The second-order valence-corrected chi connectivity index (χ2v) is 9.46. The Kier molecular flexibility index (Phi) is 8.24. The van der Waals surface area contributed by atoms with E-state index in [1.165, 1.54) is 0 Å². The second kappa shape index (κ2) is 10.9. The van der Waals surface area contributed by atoms with Gasteiger partial charge in [-0.1, -0.05) is 26.0 Å². The van der Waals surface area contributed by atoms with Gasteiger partial charge in [-0.3, -0.25) is 4.79 Å². The van der Waals surface area contributed by atoms with Gasteiger partial charge in [0.2, 0.25) is 5.91 Å². The summed E-state index contributed by atoms with van der Waals surface area (Å²) in [6.07, 6.45) is 0.721. The summed E-state index contributed by atoms with van der Waals surface area (Å²) in [6, 6.07) is 10.9. The lowest BCUT2D eigenvalue weighted by atomic mass is 9.92. The number of rotatable bonds is 7. The molecule has 0 aromatic heterocycles. The number of methoxy groups -OCH3 is 2. The molecule has 0 saturated heterocycles. The molecule has 178 valence electrons. The molecule has 2 aromatic carbocycles. The number of urea groups is 1. The molecule has 0 spiro atoms. The molecule has 3 amide bonds. The van der Waals surface area contributed by atoms with Crippen LogP contribution >= 0.6 is 15.9 Å².